The molecular formula is C19H21FN2O3. The monoisotopic (exact) mass is 344 g/mol. The number of halogens is 1. The third kappa shape index (κ3) is 4.14. The van der Waals surface area contributed by atoms with Crippen LogP contribution in [0.2, 0.25) is 0 Å². The summed E-state index contributed by atoms with van der Waals surface area (Å²) in [4.78, 5) is 16.8. The Balaban J connectivity index is 1.81. The van der Waals surface area contributed by atoms with Gasteiger partial charge in [-0.1, -0.05) is 6.07 Å². The van der Waals surface area contributed by atoms with Gasteiger partial charge in [-0.3, -0.25) is 9.78 Å². The molecule has 3 rings (SSSR count). The number of hydrogen-bond donors (Lipinski definition) is 1. The smallest absolute Gasteiger partial charge is 0.251 e. The number of pyridine rings is 1. The van der Waals surface area contributed by atoms with E-state index >= 15 is 0 Å². The average Bonchev–Trinajstić information content (AvgIpc) is 2.67. The van der Waals surface area contributed by atoms with Crippen LogP contribution in [0.5, 0.6) is 5.75 Å². The Bertz CT molecular complexity index is 718. The summed E-state index contributed by atoms with van der Waals surface area (Å²) < 4.78 is 24.2. The lowest BCUT2D eigenvalue weighted by molar-refractivity contribution is 0.0513. The van der Waals surface area contributed by atoms with E-state index < -0.39 is 5.82 Å². The van der Waals surface area contributed by atoms with Crippen molar-refractivity contribution >= 4 is 5.91 Å². The van der Waals surface area contributed by atoms with Gasteiger partial charge in [-0.25, -0.2) is 4.39 Å². The first-order chi connectivity index (χ1) is 12.2. The zero-order valence-corrected chi connectivity index (χ0v) is 14.1. The summed E-state index contributed by atoms with van der Waals surface area (Å²) in [7, 11) is 1.39. The summed E-state index contributed by atoms with van der Waals surface area (Å²) in [5, 5.41) is 3.04. The molecule has 1 atom stereocenters. The Hall–Kier alpha value is -2.47. The van der Waals surface area contributed by atoms with Crippen molar-refractivity contribution in [3.63, 3.8) is 0 Å². The van der Waals surface area contributed by atoms with Crippen molar-refractivity contribution in [2.24, 2.45) is 5.92 Å². The van der Waals surface area contributed by atoms with Crippen molar-refractivity contribution in [3.05, 3.63) is 59.7 Å². The predicted octanol–water partition coefficient (Wildman–Crippen LogP) is 3.13. The van der Waals surface area contributed by atoms with Crippen molar-refractivity contribution in [2.45, 2.75) is 18.9 Å². The van der Waals surface area contributed by atoms with Crippen LogP contribution in [0.25, 0.3) is 0 Å². The Morgan fingerprint density at radius 3 is 2.80 bits per heavy atom. The molecule has 1 aromatic heterocycles. The molecule has 1 amide bonds. The lowest BCUT2D eigenvalue weighted by Gasteiger charge is -2.31. The van der Waals surface area contributed by atoms with Gasteiger partial charge in [0.2, 0.25) is 0 Å². The van der Waals surface area contributed by atoms with Gasteiger partial charge in [0.05, 0.1) is 13.2 Å². The second-order valence-corrected chi connectivity index (χ2v) is 6.04. The van der Waals surface area contributed by atoms with Crippen LogP contribution < -0.4 is 10.1 Å². The van der Waals surface area contributed by atoms with Crippen LogP contribution in [0.1, 0.15) is 34.8 Å². The quantitative estimate of drug-likeness (QED) is 0.905. The Morgan fingerprint density at radius 2 is 2.16 bits per heavy atom. The maximum Gasteiger partial charge on any atom is 0.251 e. The minimum Gasteiger partial charge on any atom is -0.494 e. The fourth-order valence-electron chi connectivity index (χ4n) is 3.11. The highest BCUT2D eigenvalue weighted by atomic mass is 19.1. The van der Waals surface area contributed by atoms with E-state index in [2.05, 4.69) is 10.3 Å². The molecule has 0 radical (unpaired) electrons. The zero-order chi connectivity index (χ0) is 17.6. The van der Waals surface area contributed by atoms with E-state index in [0.29, 0.717) is 13.2 Å². The first-order valence-electron chi connectivity index (χ1n) is 8.31. The largest absolute Gasteiger partial charge is 0.494 e. The van der Waals surface area contributed by atoms with E-state index in [1.165, 1.54) is 19.2 Å². The number of carbonyl (C=O) groups is 1. The Morgan fingerprint density at radius 1 is 1.36 bits per heavy atom. The lowest BCUT2D eigenvalue weighted by atomic mass is 9.87. The molecule has 1 aliphatic rings. The van der Waals surface area contributed by atoms with E-state index in [1.807, 2.05) is 12.1 Å². The fourth-order valence-corrected chi connectivity index (χ4v) is 3.11. The number of amides is 1. The molecular weight excluding hydrogens is 323 g/mol. The number of rotatable bonds is 5. The zero-order valence-electron chi connectivity index (χ0n) is 14.1. The molecule has 0 unspecified atom stereocenters. The van der Waals surface area contributed by atoms with Gasteiger partial charge < -0.3 is 14.8 Å². The summed E-state index contributed by atoms with van der Waals surface area (Å²) in [6.07, 6.45) is 5.17. The van der Waals surface area contributed by atoms with Crippen LogP contribution in [-0.2, 0) is 4.74 Å². The third-order valence-corrected chi connectivity index (χ3v) is 4.48. The highest BCUT2D eigenvalue weighted by Gasteiger charge is 2.27. The second-order valence-electron chi connectivity index (χ2n) is 6.04. The van der Waals surface area contributed by atoms with E-state index in [0.717, 1.165) is 18.4 Å². The summed E-state index contributed by atoms with van der Waals surface area (Å²) in [5.74, 6) is -0.504. The molecule has 1 saturated heterocycles. The predicted molar refractivity (Wildman–Crippen MR) is 90.9 cm³/mol. The molecule has 1 aliphatic heterocycles. The van der Waals surface area contributed by atoms with Gasteiger partial charge in [-0.2, -0.15) is 0 Å². The second kappa shape index (κ2) is 8.07. The normalized spacial score (nSPS) is 16.2. The maximum atomic E-state index is 13.9. The number of ether oxygens (including phenoxy) is 2. The molecule has 1 fully saturated rings. The number of carbonyl (C=O) groups excluding carboxylic acids is 1. The Kier molecular flexibility index (Phi) is 5.60. The maximum absolute atomic E-state index is 13.9. The van der Waals surface area contributed by atoms with Crippen LogP contribution in [0.3, 0.4) is 0 Å². The van der Waals surface area contributed by atoms with E-state index in [4.69, 9.17) is 9.47 Å². The highest BCUT2D eigenvalue weighted by Crippen LogP contribution is 2.30. The molecule has 5 nitrogen and oxygen atoms in total. The molecule has 1 aromatic carbocycles. The molecule has 25 heavy (non-hydrogen) atoms. The fraction of sp³-hybridized carbons (Fsp3) is 0.368. The first kappa shape index (κ1) is 17.4. The average molecular weight is 344 g/mol. The SMILES string of the molecule is COc1ccc(C(=O)N[C@H](c2cccnc2)C2CCOCC2)cc1F. The van der Waals surface area contributed by atoms with Crippen molar-refractivity contribution in [3.8, 4) is 5.75 Å². The highest BCUT2D eigenvalue weighted by molar-refractivity contribution is 5.94. The first-order valence-corrected chi connectivity index (χ1v) is 8.31. The van der Waals surface area contributed by atoms with Crippen LogP contribution >= 0.6 is 0 Å². The number of nitrogens with one attached hydrogen (secondary N) is 1. The van der Waals surface area contributed by atoms with Gasteiger partial charge in [0, 0.05) is 31.2 Å². The summed E-state index contributed by atoms with van der Waals surface area (Å²) in [5.41, 5.74) is 1.20. The van der Waals surface area contributed by atoms with Gasteiger partial charge in [0.15, 0.2) is 11.6 Å². The Labute approximate surface area is 146 Å². The van der Waals surface area contributed by atoms with Gasteiger partial charge in [0.25, 0.3) is 5.91 Å². The van der Waals surface area contributed by atoms with Gasteiger partial charge in [-0.15, -0.1) is 0 Å². The number of methoxy groups -OCH3 is 1. The van der Waals surface area contributed by atoms with Crippen LogP contribution in [0.4, 0.5) is 4.39 Å². The topological polar surface area (TPSA) is 60.5 Å². The van der Waals surface area contributed by atoms with Crippen molar-refractivity contribution in [1.82, 2.24) is 10.3 Å². The summed E-state index contributed by atoms with van der Waals surface area (Å²) >= 11 is 0. The van der Waals surface area contributed by atoms with Crippen molar-refractivity contribution in [1.29, 1.82) is 0 Å². The number of hydrogen-bond acceptors (Lipinski definition) is 4. The molecule has 0 bridgehead atoms. The van der Waals surface area contributed by atoms with Gasteiger partial charge in [0.1, 0.15) is 0 Å². The van der Waals surface area contributed by atoms with E-state index in [-0.39, 0.29) is 29.2 Å². The van der Waals surface area contributed by atoms with Gasteiger partial charge in [-0.05, 0) is 48.6 Å². The third-order valence-electron chi connectivity index (χ3n) is 4.48. The van der Waals surface area contributed by atoms with Crippen molar-refractivity contribution in [2.75, 3.05) is 20.3 Å². The standard InChI is InChI=1S/C19H21FN2O3/c1-24-17-5-4-14(11-16(17)20)19(23)22-18(13-6-9-25-10-7-13)15-3-2-8-21-12-15/h2-5,8,11-13,18H,6-7,9-10H2,1H3,(H,22,23)/t18-/m0/s1. The van der Waals surface area contributed by atoms with Crippen LogP contribution in [0.15, 0.2) is 42.7 Å². The molecule has 0 aliphatic carbocycles. The van der Waals surface area contributed by atoms with Crippen LogP contribution in [0, 0.1) is 11.7 Å². The lowest BCUT2D eigenvalue weighted by Crippen LogP contribution is -2.36. The van der Waals surface area contributed by atoms with Crippen molar-refractivity contribution < 1.29 is 18.7 Å². The van der Waals surface area contributed by atoms with E-state index in [1.54, 1.807) is 18.5 Å². The van der Waals surface area contributed by atoms with Gasteiger partial charge >= 0.3 is 0 Å². The van der Waals surface area contributed by atoms with E-state index in [9.17, 15) is 9.18 Å². The molecule has 2 heterocycles. The molecule has 0 spiro atoms. The minimum absolute atomic E-state index is 0.116. The summed E-state index contributed by atoms with van der Waals surface area (Å²) in [6.45, 7) is 1.35. The number of nitrogens with zero attached hydrogens (tertiary/aromatic N) is 1. The molecule has 132 valence electrons. The molecule has 0 saturated carbocycles. The summed E-state index contributed by atoms with van der Waals surface area (Å²) in [6, 6.07) is 7.82. The molecule has 6 heteroatoms. The van der Waals surface area contributed by atoms with Crippen LogP contribution in [-0.4, -0.2) is 31.2 Å². The molecule has 2 aromatic rings. The number of aromatic nitrogens is 1. The number of benzene rings is 1. The minimum atomic E-state index is -0.556. The molecule has 1 N–H and O–H groups in total.